The van der Waals surface area contributed by atoms with Crippen molar-refractivity contribution in [1.82, 2.24) is 0 Å². The number of hydrogen-bond acceptors (Lipinski definition) is 2. The molecule has 1 rings (SSSR count). The number of aliphatic hydroxyl groups excluding tert-OH is 1. The van der Waals surface area contributed by atoms with Crippen molar-refractivity contribution in [3.05, 3.63) is 34.0 Å². The van der Waals surface area contributed by atoms with E-state index in [1.54, 1.807) is 0 Å². The molecule has 0 bridgehead atoms. The summed E-state index contributed by atoms with van der Waals surface area (Å²) in [6.45, 7) is 4.09. The molecule has 3 heteroatoms. The summed E-state index contributed by atoms with van der Waals surface area (Å²) in [5.41, 5.74) is 7.17. The van der Waals surface area contributed by atoms with E-state index < -0.39 is 0 Å². The van der Waals surface area contributed by atoms with Gasteiger partial charge >= 0.3 is 0 Å². The van der Waals surface area contributed by atoms with Crippen molar-refractivity contribution in [3.8, 4) is 0 Å². The van der Waals surface area contributed by atoms with E-state index in [2.05, 4.69) is 29.8 Å². The van der Waals surface area contributed by atoms with Crippen LogP contribution < -0.4 is 5.73 Å². The molecule has 0 saturated heterocycles. The average Bonchev–Trinajstić information content (AvgIpc) is 2.09. The zero-order chi connectivity index (χ0) is 10.1. The molecular weight excluding hydrogens is 230 g/mol. The highest BCUT2D eigenvalue weighted by molar-refractivity contribution is 9.11. The van der Waals surface area contributed by atoms with Gasteiger partial charge in [-0.3, -0.25) is 0 Å². The Kier molecular flexibility index (Phi) is 2.98. The summed E-state index contributed by atoms with van der Waals surface area (Å²) in [6.07, 6.45) is 5.93. The van der Waals surface area contributed by atoms with Crippen molar-refractivity contribution in [3.63, 3.8) is 0 Å². The predicted molar refractivity (Wildman–Crippen MR) is 58.2 cm³/mol. The number of allylic oxidation sites excluding steroid dienone is 4. The van der Waals surface area contributed by atoms with Gasteiger partial charge in [0, 0.05) is 21.2 Å². The number of nitrogens with two attached hydrogens (primary N) is 1. The second kappa shape index (κ2) is 3.68. The number of halogens is 1. The van der Waals surface area contributed by atoms with Gasteiger partial charge in [-0.05, 0) is 0 Å². The third-order valence-electron chi connectivity index (χ3n) is 1.98. The average molecular weight is 244 g/mol. The molecule has 0 spiro atoms. The molecule has 0 aromatic rings. The van der Waals surface area contributed by atoms with Gasteiger partial charge in [0.05, 0.1) is 6.61 Å². The number of hydrogen-bond donors (Lipinski definition) is 2. The second-order valence-corrected chi connectivity index (χ2v) is 4.59. The van der Waals surface area contributed by atoms with Crippen LogP contribution in [-0.2, 0) is 0 Å². The Bertz CT molecular complexity index is 300. The van der Waals surface area contributed by atoms with Crippen LogP contribution in [0, 0.1) is 5.41 Å². The van der Waals surface area contributed by atoms with Gasteiger partial charge in [-0.1, -0.05) is 48.0 Å². The first-order valence-electron chi connectivity index (χ1n) is 4.14. The normalized spacial score (nSPS) is 21.4. The van der Waals surface area contributed by atoms with Crippen LogP contribution in [0.4, 0.5) is 0 Å². The SMILES string of the molecule is CC1(C)C=CC(Br)=C(CO)C(N)=C1. The van der Waals surface area contributed by atoms with E-state index in [0.717, 1.165) is 10.1 Å². The topological polar surface area (TPSA) is 46.2 Å². The minimum atomic E-state index is -0.0555. The van der Waals surface area contributed by atoms with Crippen LogP contribution in [0.5, 0.6) is 0 Å². The molecular formula is C10H14BrNO. The van der Waals surface area contributed by atoms with Crippen molar-refractivity contribution < 1.29 is 5.11 Å². The predicted octanol–water partition coefficient (Wildman–Crippen LogP) is 2.07. The summed E-state index contributed by atoms with van der Waals surface area (Å²) in [5, 5.41) is 9.08. The van der Waals surface area contributed by atoms with E-state index in [-0.39, 0.29) is 12.0 Å². The molecule has 0 saturated carbocycles. The summed E-state index contributed by atoms with van der Waals surface area (Å²) in [4.78, 5) is 0. The highest BCUT2D eigenvalue weighted by Gasteiger charge is 2.16. The van der Waals surface area contributed by atoms with Gasteiger partial charge in [0.1, 0.15) is 0 Å². The second-order valence-electron chi connectivity index (χ2n) is 3.74. The Balaban J connectivity index is 3.17. The number of rotatable bonds is 1. The van der Waals surface area contributed by atoms with Crippen molar-refractivity contribution in [2.24, 2.45) is 11.1 Å². The standard InChI is InChI=1S/C10H14BrNO/c1-10(2)4-3-8(11)7(6-13)9(12)5-10/h3-5,13H,6,12H2,1-2H3. The van der Waals surface area contributed by atoms with Gasteiger partial charge in [-0.15, -0.1) is 0 Å². The van der Waals surface area contributed by atoms with Gasteiger partial charge in [0.15, 0.2) is 0 Å². The molecule has 13 heavy (non-hydrogen) atoms. The smallest absolute Gasteiger partial charge is 0.0713 e. The van der Waals surface area contributed by atoms with Crippen LogP contribution >= 0.6 is 15.9 Å². The van der Waals surface area contributed by atoms with Gasteiger partial charge in [0.25, 0.3) is 0 Å². The van der Waals surface area contributed by atoms with Gasteiger partial charge in [-0.2, -0.15) is 0 Å². The van der Waals surface area contributed by atoms with Crippen LogP contribution in [0.3, 0.4) is 0 Å². The molecule has 0 aromatic carbocycles. The largest absolute Gasteiger partial charge is 0.399 e. The molecule has 0 atom stereocenters. The molecule has 0 radical (unpaired) electrons. The molecule has 2 nitrogen and oxygen atoms in total. The zero-order valence-electron chi connectivity index (χ0n) is 7.84. The molecule has 0 fully saturated rings. The fourth-order valence-corrected chi connectivity index (χ4v) is 1.72. The summed E-state index contributed by atoms with van der Waals surface area (Å²) < 4.78 is 0.856. The Labute approximate surface area is 87.0 Å². The van der Waals surface area contributed by atoms with Crippen molar-refractivity contribution in [2.45, 2.75) is 13.8 Å². The lowest BCUT2D eigenvalue weighted by atomic mass is 9.92. The minimum absolute atomic E-state index is 0.0384. The molecule has 1 aliphatic carbocycles. The molecule has 1 aliphatic rings. The lowest BCUT2D eigenvalue weighted by molar-refractivity contribution is 0.333. The molecule has 72 valence electrons. The molecule has 0 aromatic heterocycles. The van der Waals surface area contributed by atoms with Gasteiger partial charge < -0.3 is 10.8 Å². The summed E-state index contributed by atoms with van der Waals surface area (Å²) in [5.74, 6) is 0. The molecule has 3 N–H and O–H groups in total. The quantitative estimate of drug-likeness (QED) is 0.741. The van der Waals surface area contributed by atoms with Gasteiger partial charge in [-0.25, -0.2) is 0 Å². The van der Waals surface area contributed by atoms with Crippen LogP contribution in [0.2, 0.25) is 0 Å². The van der Waals surface area contributed by atoms with Crippen LogP contribution in [0.1, 0.15) is 13.8 Å². The third-order valence-corrected chi connectivity index (χ3v) is 2.72. The zero-order valence-corrected chi connectivity index (χ0v) is 9.43. The Morgan fingerprint density at radius 1 is 1.54 bits per heavy atom. The van der Waals surface area contributed by atoms with Crippen LogP contribution in [0.15, 0.2) is 34.0 Å². The first-order chi connectivity index (χ1) is 5.96. The Morgan fingerprint density at radius 3 is 2.69 bits per heavy atom. The van der Waals surface area contributed by atoms with Crippen LogP contribution in [0.25, 0.3) is 0 Å². The van der Waals surface area contributed by atoms with E-state index in [1.807, 2.05) is 18.2 Å². The Hall–Kier alpha value is -0.540. The van der Waals surface area contributed by atoms with Crippen molar-refractivity contribution in [1.29, 1.82) is 0 Å². The first kappa shape index (κ1) is 10.5. The van der Waals surface area contributed by atoms with Gasteiger partial charge in [0.2, 0.25) is 0 Å². The van der Waals surface area contributed by atoms with Crippen LogP contribution in [-0.4, -0.2) is 11.7 Å². The van der Waals surface area contributed by atoms with E-state index in [1.165, 1.54) is 0 Å². The van der Waals surface area contributed by atoms with E-state index in [4.69, 9.17) is 10.8 Å². The highest BCUT2D eigenvalue weighted by atomic mass is 79.9. The minimum Gasteiger partial charge on any atom is -0.399 e. The summed E-state index contributed by atoms with van der Waals surface area (Å²) in [7, 11) is 0. The summed E-state index contributed by atoms with van der Waals surface area (Å²) >= 11 is 3.37. The monoisotopic (exact) mass is 243 g/mol. The summed E-state index contributed by atoms with van der Waals surface area (Å²) in [6, 6.07) is 0. The molecule has 0 aliphatic heterocycles. The van der Waals surface area contributed by atoms with E-state index in [9.17, 15) is 0 Å². The third kappa shape index (κ3) is 2.45. The van der Waals surface area contributed by atoms with Crippen molar-refractivity contribution in [2.75, 3.05) is 6.61 Å². The molecule has 0 amide bonds. The number of aliphatic hydroxyl groups is 1. The maximum Gasteiger partial charge on any atom is 0.0713 e. The lowest BCUT2D eigenvalue weighted by Crippen LogP contribution is -2.10. The maximum atomic E-state index is 9.08. The maximum absolute atomic E-state index is 9.08. The molecule has 0 unspecified atom stereocenters. The fourth-order valence-electron chi connectivity index (χ4n) is 1.23. The lowest BCUT2D eigenvalue weighted by Gasteiger charge is -2.14. The fraction of sp³-hybridized carbons (Fsp3) is 0.400. The Morgan fingerprint density at radius 2 is 2.15 bits per heavy atom. The van der Waals surface area contributed by atoms with Crippen molar-refractivity contribution >= 4 is 15.9 Å². The highest BCUT2D eigenvalue weighted by Crippen LogP contribution is 2.29. The van der Waals surface area contributed by atoms with E-state index >= 15 is 0 Å². The van der Waals surface area contributed by atoms with E-state index in [0.29, 0.717) is 5.70 Å². The molecule has 0 heterocycles. The first-order valence-corrected chi connectivity index (χ1v) is 4.93.